The van der Waals surface area contributed by atoms with Crippen molar-refractivity contribution in [2.45, 2.75) is 12.8 Å². The summed E-state index contributed by atoms with van der Waals surface area (Å²) < 4.78 is 13.1. The normalized spacial score (nSPS) is 14.4. The average molecular weight is 242 g/mol. The van der Waals surface area contributed by atoms with E-state index in [2.05, 4.69) is 23.1 Å². The van der Waals surface area contributed by atoms with Gasteiger partial charge in [-0.1, -0.05) is 18.2 Å². The summed E-state index contributed by atoms with van der Waals surface area (Å²) in [7, 11) is 0. The maximum atomic E-state index is 13.1. The van der Waals surface area contributed by atoms with Crippen molar-refractivity contribution in [2.75, 3.05) is 17.2 Å². The van der Waals surface area contributed by atoms with E-state index in [1.54, 1.807) is 6.07 Å². The summed E-state index contributed by atoms with van der Waals surface area (Å²) in [6, 6.07) is 12.9. The minimum atomic E-state index is -0.290. The van der Waals surface area contributed by atoms with E-state index in [1.807, 2.05) is 6.07 Å². The Hall–Kier alpha value is -2.03. The van der Waals surface area contributed by atoms with Gasteiger partial charge in [0.05, 0.1) is 11.4 Å². The van der Waals surface area contributed by atoms with Crippen molar-refractivity contribution >= 4 is 17.1 Å². The third-order valence-corrected chi connectivity index (χ3v) is 3.39. The molecule has 3 heteroatoms. The van der Waals surface area contributed by atoms with Gasteiger partial charge in [0.25, 0.3) is 0 Å². The van der Waals surface area contributed by atoms with Crippen LogP contribution in [0.1, 0.15) is 12.0 Å². The molecular formula is C15H15FN2. The van der Waals surface area contributed by atoms with E-state index in [1.165, 1.54) is 23.4 Å². The first-order chi connectivity index (χ1) is 8.75. The first kappa shape index (κ1) is 11.1. The highest BCUT2D eigenvalue weighted by atomic mass is 19.1. The molecule has 0 radical (unpaired) electrons. The standard InChI is InChI=1S/C15H15FN2/c16-12-7-8-15(13(17)10-12)18-9-3-5-11-4-1-2-6-14(11)18/h1-2,4,6-8,10H,3,5,9,17H2. The van der Waals surface area contributed by atoms with Gasteiger partial charge in [0.2, 0.25) is 0 Å². The van der Waals surface area contributed by atoms with Crippen LogP contribution in [-0.2, 0) is 6.42 Å². The molecule has 0 aromatic heterocycles. The van der Waals surface area contributed by atoms with E-state index in [0.717, 1.165) is 25.1 Å². The maximum absolute atomic E-state index is 13.1. The quantitative estimate of drug-likeness (QED) is 0.775. The number of rotatable bonds is 1. The SMILES string of the molecule is Nc1cc(F)ccc1N1CCCc2ccccc21. The zero-order valence-corrected chi connectivity index (χ0v) is 10.1. The van der Waals surface area contributed by atoms with Gasteiger partial charge in [-0.2, -0.15) is 0 Å². The van der Waals surface area contributed by atoms with Gasteiger partial charge in [-0.25, -0.2) is 4.39 Å². The minimum absolute atomic E-state index is 0.290. The second-order valence-corrected chi connectivity index (χ2v) is 4.59. The Bertz CT molecular complexity index is 580. The number of nitrogen functional groups attached to an aromatic ring is 1. The zero-order valence-electron chi connectivity index (χ0n) is 10.1. The minimum Gasteiger partial charge on any atom is -0.397 e. The van der Waals surface area contributed by atoms with E-state index in [9.17, 15) is 4.39 Å². The molecule has 2 nitrogen and oxygen atoms in total. The number of hydrogen-bond donors (Lipinski definition) is 1. The molecule has 0 bridgehead atoms. The fraction of sp³-hybridized carbons (Fsp3) is 0.200. The highest BCUT2D eigenvalue weighted by Crippen LogP contribution is 2.36. The van der Waals surface area contributed by atoms with Crippen molar-refractivity contribution < 1.29 is 4.39 Å². The summed E-state index contributed by atoms with van der Waals surface area (Å²) in [6.45, 7) is 0.923. The van der Waals surface area contributed by atoms with Crippen molar-refractivity contribution in [3.8, 4) is 0 Å². The van der Waals surface area contributed by atoms with Crippen LogP contribution in [0.15, 0.2) is 42.5 Å². The van der Waals surface area contributed by atoms with Crippen molar-refractivity contribution in [1.29, 1.82) is 0 Å². The number of hydrogen-bond acceptors (Lipinski definition) is 2. The highest BCUT2D eigenvalue weighted by molar-refractivity contribution is 5.76. The van der Waals surface area contributed by atoms with Crippen LogP contribution in [0.5, 0.6) is 0 Å². The summed E-state index contributed by atoms with van der Waals surface area (Å²) in [5.41, 5.74) is 9.82. The van der Waals surface area contributed by atoms with Gasteiger partial charge in [0, 0.05) is 12.2 Å². The monoisotopic (exact) mass is 242 g/mol. The van der Waals surface area contributed by atoms with Gasteiger partial charge in [0.1, 0.15) is 5.82 Å². The van der Waals surface area contributed by atoms with E-state index < -0.39 is 0 Å². The van der Waals surface area contributed by atoms with E-state index >= 15 is 0 Å². The molecule has 1 aliphatic rings. The number of para-hydroxylation sites is 1. The van der Waals surface area contributed by atoms with Gasteiger partial charge in [-0.15, -0.1) is 0 Å². The molecule has 92 valence electrons. The lowest BCUT2D eigenvalue weighted by Crippen LogP contribution is -2.25. The highest BCUT2D eigenvalue weighted by Gasteiger charge is 2.19. The molecule has 2 aromatic rings. The van der Waals surface area contributed by atoms with Gasteiger partial charge in [0.15, 0.2) is 0 Å². The van der Waals surface area contributed by atoms with Crippen LogP contribution in [-0.4, -0.2) is 6.54 Å². The predicted molar refractivity (Wildman–Crippen MR) is 72.6 cm³/mol. The number of benzene rings is 2. The van der Waals surface area contributed by atoms with Crippen LogP contribution in [0.2, 0.25) is 0 Å². The summed E-state index contributed by atoms with van der Waals surface area (Å²) >= 11 is 0. The summed E-state index contributed by atoms with van der Waals surface area (Å²) in [5.74, 6) is -0.290. The Kier molecular flexibility index (Phi) is 2.67. The molecule has 3 rings (SSSR count). The van der Waals surface area contributed by atoms with Crippen LogP contribution in [0, 0.1) is 5.82 Å². The van der Waals surface area contributed by atoms with Crippen molar-refractivity contribution in [1.82, 2.24) is 0 Å². The second kappa shape index (κ2) is 4.33. The number of aryl methyl sites for hydroxylation is 1. The van der Waals surface area contributed by atoms with E-state index in [0.29, 0.717) is 5.69 Å². The Morgan fingerprint density at radius 3 is 2.72 bits per heavy atom. The number of nitrogens with zero attached hydrogens (tertiary/aromatic N) is 1. The molecule has 0 spiro atoms. The van der Waals surface area contributed by atoms with Crippen LogP contribution >= 0.6 is 0 Å². The molecule has 0 saturated carbocycles. The van der Waals surface area contributed by atoms with Crippen LogP contribution in [0.3, 0.4) is 0 Å². The second-order valence-electron chi connectivity index (χ2n) is 4.59. The Morgan fingerprint density at radius 2 is 1.89 bits per heavy atom. The lowest BCUT2D eigenvalue weighted by molar-refractivity contribution is 0.628. The first-order valence-corrected chi connectivity index (χ1v) is 6.16. The number of fused-ring (bicyclic) bond motifs is 1. The molecule has 0 unspecified atom stereocenters. The van der Waals surface area contributed by atoms with Gasteiger partial charge >= 0.3 is 0 Å². The molecule has 2 aromatic carbocycles. The molecule has 2 N–H and O–H groups in total. The van der Waals surface area contributed by atoms with Crippen LogP contribution < -0.4 is 10.6 Å². The Labute approximate surface area is 106 Å². The van der Waals surface area contributed by atoms with Crippen molar-refractivity contribution in [3.63, 3.8) is 0 Å². The lowest BCUT2D eigenvalue weighted by atomic mass is 10.0. The third-order valence-electron chi connectivity index (χ3n) is 3.39. The third kappa shape index (κ3) is 1.82. The zero-order chi connectivity index (χ0) is 12.5. The average Bonchev–Trinajstić information content (AvgIpc) is 2.38. The smallest absolute Gasteiger partial charge is 0.125 e. The summed E-state index contributed by atoms with van der Waals surface area (Å²) in [5, 5.41) is 0. The largest absolute Gasteiger partial charge is 0.397 e. The number of nitrogens with two attached hydrogens (primary N) is 1. The van der Waals surface area contributed by atoms with Crippen LogP contribution in [0.4, 0.5) is 21.5 Å². The number of halogens is 1. The summed E-state index contributed by atoms with van der Waals surface area (Å²) in [6.07, 6.45) is 2.18. The van der Waals surface area contributed by atoms with Gasteiger partial charge in [-0.3, -0.25) is 0 Å². The molecule has 0 fully saturated rings. The number of anilines is 3. The first-order valence-electron chi connectivity index (χ1n) is 6.16. The predicted octanol–water partition coefficient (Wildman–Crippen LogP) is 3.49. The Balaban J connectivity index is 2.08. The van der Waals surface area contributed by atoms with Gasteiger partial charge < -0.3 is 10.6 Å². The van der Waals surface area contributed by atoms with E-state index in [4.69, 9.17) is 5.73 Å². The fourth-order valence-electron chi connectivity index (χ4n) is 2.56. The molecule has 1 heterocycles. The lowest BCUT2D eigenvalue weighted by Gasteiger charge is -2.32. The molecule has 1 aliphatic heterocycles. The molecule has 0 saturated heterocycles. The van der Waals surface area contributed by atoms with Crippen LogP contribution in [0.25, 0.3) is 0 Å². The molecule has 0 atom stereocenters. The molecule has 18 heavy (non-hydrogen) atoms. The van der Waals surface area contributed by atoms with E-state index in [-0.39, 0.29) is 5.82 Å². The van der Waals surface area contributed by atoms with Crippen molar-refractivity contribution in [3.05, 3.63) is 53.8 Å². The summed E-state index contributed by atoms with van der Waals surface area (Å²) in [4.78, 5) is 2.17. The topological polar surface area (TPSA) is 29.3 Å². The Morgan fingerprint density at radius 1 is 1.06 bits per heavy atom. The molecule has 0 aliphatic carbocycles. The maximum Gasteiger partial charge on any atom is 0.125 e. The van der Waals surface area contributed by atoms with Gasteiger partial charge in [-0.05, 0) is 42.7 Å². The molecule has 0 amide bonds. The van der Waals surface area contributed by atoms with Crippen molar-refractivity contribution in [2.24, 2.45) is 0 Å². The molecular weight excluding hydrogens is 227 g/mol. The fourth-order valence-corrected chi connectivity index (χ4v) is 2.56.